The van der Waals surface area contributed by atoms with Crippen LogP contribution in [0, 0.1) is 0 Å². The van der Waals surface area contributed by atoms with E-state index in [-0.39, 0.29) is 12.8 Å². The van der Waals surface area contributed by atoms with Crippen molar-refractivity contribution in [2.75, 3.05) is 0 Å². The van der Waals surface area contributed by atoms with Crippen LogP contribution in [0.3, 0.4) is 0 Å². The first-order valence-corrected chi connectivity index (χ1v) is 5.75. The van der Waals surface area contributed by atoms with Crippen molar-refractivity contribution in [2.45, 2.75) is 51.1 Å². The van der Waals surface area contributed by atoms with Crippen molar-refractivity contribution < 1.29 is 24.6 Å². The summed E-state index contributed by atoms with van der Waals surface area (Å²) in [5.74, 6) is -2.96. The van der Waals surface area contributed by atoms with Crippen molar-refractivity contribution in [3.05, 3.63) is 0 Å². The van der Waals surface area contributed by atoms with Crippen LogP contribution < -0.4 is 11.1 Å². The van der Waals surface area contributed by atoms with E-state index in [0.29, 0.717) is 12.8 Å². The minimum Gasteiger partial charge on any atom is -0.481 e. The van der Waals surface area contributed by atoms with Gasteiger partial charge >= 0.3 is 11.9 Å². The van der Waals surface area contributed by atoms with Gasteiger partial charge in [0.2, 0.25) is 5.91 Å². The summed E-state index contributed by atoms with van der Waals surface area (Å²) in [6.45, 7) is 3.37. The number of nitrogens with two attached hydrogens (primary N) is 1. The summed E-state index contributed by atoms with van der Waals surface area (Å²) in [6.07, 6.45) is 0.613. The smallest absolute Gasteiger partial charge is 0.326 e. The molecular weight excluding hydrogens is 240 g/mol. The number of carboxylic acids is 2. The van der Waals surface area contributed by atoms with Gasteiger partial charge in [-0.05, 0) is 19.8 Å². The van der Waals surface area contributed by atoms with Crippen LogP contribution in [-0.2, 0) is 14.4 Å². The monoisotopic (exact) mass is 260 g/mol. The fourth-order valence-electron chi connectivity index (χ4n) is 1.48. The highest BCUT2D eigenvalue weighted by Crippen LogP contribution is 2.10. The Morgan fingerprint density at radius 2 is 1.89 bits per heavy atom. The van der Waals surface area contributed by atoms with Gasteiger partial charge in [-0.25, -0.2) is 4.79 Å². The molecule has 5 N–H and O–H groups in total. The summed E-state index contributed by atoms with van der Waals surface area (Å²) >= 11 is 0. The molecule has 0 saturated heterocycles. The Morgan fingerprint density at radius 3 is 2.28 bits per heavy atom. The topological polar surface area (TPSA) is 130 Å². The molecule has 0 aliphatic carbocycles. The zero-order valence-electron chi connectivity index (χ0n) is 10.6. The molecule has 0 heterocycles. The van der Waals surface area contributed by atoms with Crippen LogP contribution in [0.4, 0.5) is 0 Å². The minimum absolute atomic E-state index is 0.168. The second-order valence-corrected chi connectivity index (χ2v) is 4.46. The Labute approximate surface area is 105 Å². The van der Waals surface area contributed by atoms with Crippen molar-refractivity contribution in [1.29, 1.82) is 0 Å². The number of carboxylic acid groups (broad SMARTS) is 2. The molecule has 104 valence electrons. The molecule has 0 spiro atoms. The van der Waals surface area contributed by atoms with E-state index < -0.39 is 29.4 Å². The lowest BCUT2D eigenvalue weighted by Crippen LogP contribution is -2.55. The van der Waals surface area contributed by atoms with E-state index >= 15 is 0 Å². The Bertz CT molecular complexity index is 327. The number of amides is 1. The van der Waals surface area contributed by atoms with Gasteiger partial charge in [-0.1, -0.05) is 13.3 Å². The maximum atomic E-state index is 11.8. The molecule has 7 nitrogen and oxygen atoms in total. The highest BCUT2D eigenvalue weighted by atomic mass is 16.4. The van der Waals surface area contributed by atoms with Gasteiger partial charge in [-0.15, -0.1) is 0 Å². The molecule has 0 aromatic heterocycles. The van der Waals surface area contributed by atoms with Crippen LogP contribution >= 0.6 is 0 Å². The van der Waals surface area contributed by atoms with E-state index in [1.807, 2.05) is 6.92 Å². The average molecular weight is 260 g/mol. The lowest BCUT2D eigenvalue weighted by molar-refractivity contribution is -0.143. The number of carbonyl (C=O) groups is 3. The average Bonchev–Trinajstić information content (AvgIpc) is 2.22. The van der Waals surface area contributed by atoms with Crippen LogP contribution in [0.25, 0.3) is 0 Å². The van der Waals surface area contributed by atoms with E-state index in [9.17, 15) is 14.4 Å². The SMILES string of the molecule is CCCC(C)(N)C(=O)N[C@@H](CCC(=O)O)C(=O)O. The summed E-state index contributed by atoms with van der Waals surface area (Å²) in [5.41, 5.74) is 4.61. The highest BCUT2D eigenvalue weighted by Gasteiger charge is 2.31. The Hall–Kier alpha value is -1.63. The molecule has 0 aliphatic rings. The first-order valence-electron chi connectivity index (χ1n) is 5.75. The van der Waals surface area contributed by atoms with E-state index in [1.54, 1.807) is 0 Å². The number of rotatable bonds is 8. The molecule has 0 aliphatic heterocycles. The molecule has 1 unspecified atom stereocenters. The zero-order chi connectivity index (χ0) is 14.3. The number of aliphatic carboxylic acids is 2. The maximum Gasteiger partial charge on any atom is 0.326 e. The predicted molar refractivity (Wildman–Crippen MR) is 63.9 cm³/mol. The number of nitrogens with one attached hydrogen (secondary N) is 1. The van der Waals surface area contributed by atoms with Gasteiger partial charge in [0.1, 0.15) is 6.04 Å². The number of hydrogen-bond acceptors (Lipinski definition) is 4. The molecule has 7 heteroatoms. The van der Waals surface area contributed by atoms with Crippen LogP contribution in [0.5, 0.6) is 0 Å². The van der Waals surface area contributed by atoms with Crippen LogP contribution in [-0.4, -0.2) is 39.6 Å². The normalized spacial score (nSPS) is 15.5. The lowest BCUT2D eigenvalue weighted by atomic mass is 9.96. The van der Waals surface area contributed by atoms with Gasteiger partial charge in [-0.3, -0.25) is 9.59 Å². The predicted octanol–water partition coefficient (Wildman–Crippen LogP) is -0.0619. The highest BCUT2D eigenvalue weighted by molar-refractivity contribution is 5.89. The first kappa shape index (κ1) is 16.4. The van der Waals surface area contributed by atoms with Gasteiger partial charge in [0, 0.05) is 6.42 Å². The van der Waals surface area contributed by atoms with Crippen molar-refractivity contribution in [1.82, 2.24) is 5.32 Å². The fraction of sp³-hybridized carbons (Fsp3) is 0.727. The molecule has 0 rings (SSSR count). The second kappa shape index (κ2) is 6.95. The summed E-state index contributed by atoms with van der Waals surface area (Å²) in [7, 11) is 0. The van der Waals surface area contributed by atoms with Crippen LogP contribution in [0.15, 0.2) is 0 Å². The van der Waals surface area contributed by atoms with Gasteiger partial charge in [0.15, 0.2) is 0 Å². The van der Waals surface area contributed by atoms with E-state index in [2.05, 4.69) is 5.32 Å². The summed E-state index contributed by atoms with van der Waals surface area (Å²) in [5, 5.41) is 19.6. The summed E-state index contributed by atoms with van der Waals surface area (Å²) in [6, 6.07) is -1.23. The van der Waals surface area contributed by atoms with Crippen molar-refractivity contribution in [3.8, 4) is 0 Å². The molecule has 18 heavy (non-hydrogen) atoms. The minimum atomic E-state index is -1.27. The molecule has 0 fully saturated rings. The quantitative estimate of drug-likeness (QED) is 0.483. The number of hydrogen-bond donors (Lipinski definition) is 4. The van der Waals surface area contributed by atoms with Crippen LogP contribution in [0.2, 0.25) is 0 Å². The van der Waals surface area contributed by atoms with Crippen molar-refractivity contribution >= 4 is 17.8 Å². The number of carbonyl (C=O) groups excluding carboxylic acids is 1. The zero-order valence-corrected chi connectivity index (χ0v) is 10.6. The van der Waals surface area contributed by atoms with E-state index in [4.69, 9.17) is 15.9 Å². The third-order valence-electron chi connectivity index (χ3n) is 2.54. The third kappa shape index (κ3) is 5.62. The molecular formula is C11H20N2O5. The molecule has 2 atom stereocenters. The summed E-state index contributed by atoms with van der Waals surface area (Å²) in [4.78, 5) is 33.0. The van der Waals surface area contributed by atoms with Gasteiger partial charge < -0.3 is 21.3 Å². The van der Waals surface area contributed by atoms with Gasteiger partial charge in [-0.2, -0.15) is 0 Å². The Morgan fingerprint density at radius 1 is 1.33 bits per heavy atom. The molecule has 0 radical (unpaired) electrons. The Kier molecular flexibility index (Phi) is 6.32. The van der Waals surface area contributed by atoms with Gasteiger partial charge in [0.25, 0.3) is 0 Å². The standard InChI is InChI=1S/C11H20N2O5/c1-3-6-11(2,12)10(18)13-7(9(16)17)4-5-8(14)15/h7H,3-6,12H2,1-2H3,(H,13,18)(H,14,15)(H,16,17)/t7-,11?/m0/s1. The molecule has 0 bridgehead atoms. The van der Waals surface area contributed by atoms with Crippen LogP contribution in [0.1, 0.15) is 39.5 Å². The maximum absolute atomic E-state index is 11.8. The van der Waals surface area contributed by atoms with Crippen molar-refractivity contribution in [2.24, 2.45) is 5.73 Å². The molecule has 0 aromatic carbocycles. The largest absolute Gasteiger partial charge is 0.481 e. The van der Waals surface area contributed by atoms with Crippen molar-refractivity contribution in [3.63, 3.8) is 0 Å². The van der Waals surface area contributed by atoms with E-state index in [1.165, 1.54) is 6.92 Å². The first-order chi connectivity index (χ1) is 8.20. The second-order valence-electron chi connectivity index (χ2n) is 4.46. The third-order valence-corrected chi connectivity index (χ3v) is 2.54. The van der Waals surface area contributed by atoms with Gasteiger partial charge in [0.05, 0.1) is 5.54 Å². The van der Waals surface area contributed by atoms with E-state index in [0.717, 1.165) is 0 Å². The fourth-order valence-corrected chi connectivity index (χ4v) is 1.48. The summed E-state index contributed by atoms with van der Waals surface area (Å²) < 4.78 is 0. The molecule has 0 saturated carbocycles. The lowest BCUT2D eigenvalue weighted by Gasteiger charge is -2.25. The molecule has 0 aromatic rings. The molecule has 1 amide bonds. The Balaban J connectivity index is 4.54.